The molecule has 0 fully saturated rings. The van der Waals surface area contributed by atoms with E-state index in [1.807, 2.05) is 6.07 Å². The van der Waals surface area contributed by atoms with Crippen molar-refractivity contribution in [2.45, 2.75) is 32.4 Å². The molecule has 0 saturated heterocycles. The first kappa shape index (κ1) is 19.1. The van der Waals surface area contributed by atoms with Gasteiger partial charge in [0.15, 0.2) is 0 Å². The molecule has 8 nitrogen and oxygen atoms in total. The zero-order chi connectivity index (χ0) is 20.5. The number of ether oxygens (including phenoxy) is 1. The minimum absolute atomic E-state index is 0.259. The van der Waals surface area contributed by atoms with Crippen molar-refractivity contribution in [3.05, 3.63) is 61.6 Å². The number of rotatable bonds is 5. The first-order chi connectivity index (χ1) is 14.0. The van der Waals surface area contributed by atoms with Gasteiger partial charge in [-0.15, -0.1) is 11.3 Å². The van der Waals surface area contributed by atoms with E-state index in [0.717, 1.165) is 34.3 Å². The highest BCUT2D eigenvalue weighted by Crippen LogP contribution is 2.35. The number of carbonyl (C=O) groups excluding carboxylic acids is 2. The van der Waals surface area contributed by atoms with Crippen LogP contribution < -0.4 is 16.6 Å². The molecule has 0 bridgehead atoms. The molecule has 3 aromatic rings. The summed E-state index contributed by atoms with van der Waals surface area (Å²) in [6.07, 6.45) is 2.54. The van der Waals surface area contributed by atoms with Gasteiger partial charge in [-0.3, -0.25) is 19.0 Å². The zero-order valence-corrected chi connectivity index (χ0v) is 16.6. The number of hydrogen-bond donors (Lipinski definition) is 1. The molecule has 0 aliphatic heterocycles. The summed E-state index contributed by atoms with van der Waals surface area (Å²) in [5.74, 6) is -1.09. The summed E-state index contributed by atoms with van der Waals surface area (Å²) in [4.78, 5) is 51.9. The Hall–Kier alpha value is -3.20. The number of fused-ring (bicyclic) bond motifs is 3. The Bertz CT molecular complexity index is 1220. The van der Waals surface area contributed by atoms with Gasteiger partial charge in [-0.25, -0.2) is 9.36 Å². The SMILES string of the molecule is COC(=O)Cn1c(=O)c2c3c(sc2n(CC(=O)Nc2ccccc2)c1=O)CCC3. The van der Waals surface area contributed by atoms with E-state index in [2.05, 4.69) is 10.1 Å². The number of nitrogens with zero attached hydrogens (tertiary/aromatic N) is 2. The van der Waals surface area contributed by atoms with Gasteiger partial charge in [-0.2, -0.15) is 0 Å². The van der Waals surface area contributed by atoms with Crippen LogP contribution in [-0.4, -0.2) is 28.1 Å². The van der Waals surface area contributed by atoms with Crippen LogP contribution in [0.15, 0.2) is 39.9 Å². The molecule has 2 aromatic heterocycles. The van der Waals surface area contributed by atoms with Gasteiger partial charge in [0.1, 0.15) is 17.9 Å². The van der Waals surface area contributed by atoms with Crippen LogP contribution in [0.2, 0.25) is 0 Å². The van der Waals surface area contributed by atoms with Gasteiger partial charge >= 0.3 is 11.7 Å². The Kier molecular flexibility index (Phi) is 5.06. The van der Waals surface area contributed by atoms with Gasteiger partial charge in [0.05, 0.1) is 12.5 Å². The lowest BCUT2D eigenvalue weighted by Gasteiger charge is -2.12. The van der Waals surface area contributed by atoms with Gasteiger partial charge in [0.2, 0.25) is 5.91 Å². The van der Waals surface area contributed by atoms with Crippen LogP contribution in [0.3, 0.4) is 0 Å². The van der Waals surface area contributed by atoms with Crippen LogP contribution in [0.1, 0.15) is 16.9 Å². The number of nitrogens with one attached hydrogen (secondary N) is 1. The molecule has 0 unspecified atom stereocenters. The summed E-state index contributed by atoms with van der Waals surface area (Å²) in [7, 11) is 1.19. The van der Waals surface area contributed by atoms with E-state index >= 15 is 0 Å². The third-order valence-electron chi connectivity index (χ3n) is 4.94. The van der Waals surface area contributed by atoms with Crippen LogP contribution in [0.5, 0.6) is 0 Å². The van der Waals surface area contributed by atoms with Gasteiger partial charge in [0.25, 0.3) is 5.56 Å². The van der Waals surface area contributed by atoms with E-state index in [1.54, 1.807) is 24.3 Å². The number of methoxy groups -OCH3 is 1. The second kappa shape index (κ2) is 7.67. The summed E-state index contributed by atoms with van der Waals surface area (Å²) in [6.45, 7) is -0.750. The lowest BCUT2D eigenvalue weighted by Crippen LogP contribution is -2.43. The minimum atomic E-state index is -0.698. The zero-order valence-electron chi connectivity index (χ0n) is 15.8. The first-order valence-corrected chi connectivity index (χ1v) is 10.0. The predicted octanol–water partition coefficient (Wildman–Crippen LogP) is 1.53. The Morgan fingerprint density at radius 3 is 2.59 bits per heavy atom. The molecule has 4 rings (SSSR count). The highest BCUT2D eigenvalue weighted by Gasteiger charge is 2.26. The monoisotopic (exact) mass is 413 g/mol. The van der Waals surface area contributed by atoms with Crippen molar-refractivity contribution in [2.75, 3.05) is 12.4 Å². The second-order valence-electron chi connectivity index (χ2n) is 6.79. The number of aryl methyl sites for hydroxylation is 2. The molecule has 1 amide bonds. The largest absolute Gasteiger partial charge is 0.468 e. The Morgan fingerprint density at radius 1 is 1.10 bits per heavy atom. The number of hydrogen-bond acceptors (Lipinski definition) is 6. The van der Waals surface area contributed by atoms with E-state index in [0.29, 0.717) is 15.9 Å². The normalized spacial score (nSPS) is 12.7. The maximum absolute atomic E-state index is 13.0. The first-order valence-electron chi connectivity index (χ1n) is 9.19. The number of carbonyl (C=O) groups is 2. The third kappa shape index (κ3) is 3.49. The van der Waals surface area contributed by atoms with Crippen LogP contribution in [0, 0.1) is 0 Å². The van der Waals surface area contributed by atoms with Gasteiger partial charge in [-0.1, -0.05) is 18.2 Å². The van der Waals surface area contributed by atoms with Gasteiger partial charge < -0.3 is 10.1 Å². The average molecular weight is 413 g/mol. The molecule has 0 spiro atoms. The summed E-state index contributed by atoms with van der Waals surface area (Å²) in [6, 6.07) is 8.91. The summed E-state index contributed by atoms with van der Waals surface area (Å²) < 4.78 is 6.76. The molecule has 0 radical (unpaired) electrons. The summed E-state index contributed by atoms with van der Waals surface area (Å²) in [5, 5.41) is 3.17. The number of benzene rings is 1. The van der Waals surface area contributed by atoms with E-state index in [4.69, 9.17) is 0 Å². The molecule has 1 aromatic carbocycles. The molecular formula is C20H19N3O5S. The topological polar surface area (TPSA) is 99.4 Å². The summed E-state index contributed by atoms with van der Waals surface area (Å²) in [5.41, 5.74) is 0.328. The lowest BCUT2D eigenvalue weighted by atomic mass is 10.2. The van der Waals surface area contributed by atoms with Crippen LogP contribution in [-0.2, 0) is 40.3 Å². The average Bonchev–Trinajstić information content (AvgIpc) is 3.30. The number of aromatic nitrogens is 2. The smallest absolute Gasteiger partial charge is 0.333 e. The molecule has 2 heterocycles. The Labute approximate surface area is 169 Å². The fraction of sp³-hybridized carbons (Fsp3) is 0.300. The Balaban J connectivity index is 1.81. The van der Waals surface area contributed by atoms with E-state index in [-0.39, 0.29) is 6.54 Å². The second-order valence-corrected chi connectivity index (χ2v) is 7.87. The molecule has 29 heavy (non-hydrogen) atoms. The maximum atomic E-state index is 13.0. The van der Waals surface area contributed by atoms with Crippen molar-refractivity contribution in [1.82, 2.24) is 9.13 Å². The number of anilines is 1. The number of amides is 1. The highest BCUT2D eigenvalue weighted by atomic mass is 32.1. The van der Waals surface area contributed by atoms with Crippen LogP contribution >= 0.6 is 11.3 Å². The van der Waals surface area contributed by atoms with Crippen LogP contribution in [0.4, 0.5) is 5.69 Å². The molecule has 150 valence electrons. The van der Waals surface area contributed by atoms with Gasteiger partial charge in [0, 0.05) is 10.6 Å². The standard InChI is InChI=1S/C20H19N3O5S/c1-28-16(25)11-22-18(26)17-13-8-5-9-14(13)29-19(17)23(20(22)27)10-15(24)21-12-6-3-2-4-7-12/h2-4,6-7H,5,8-11H2,1H3,(H,21,24). The molecular weight excluding hydrogens is 394 g/mol. The van der Waals surface area contributed by atoms with Crippen LogP contribution in [0.25, 0.3) is 10.2 Å². The molecule has 1 aliphatic rings. The van der Waals surface area contributed by atoms with Crippen molar-refractivity contribution in [3.63, 3.8) is 0 Å². The molecule has 1 N–H and O–H groups in total. The third-order valence-corrected chi connectivity index (χ3v) is 6.26. The van der Waals surface area contributed by atoms with Gasteiger partial charge in [-0.05, 0) is 37.0 Å². The van der Waals surface area contributed by atoms with Crippen molar-refractivity contribution < 1.29 is 14.3 Å². The highest BCUT2D eigenvalue weighted by molar-refractivity contribution is 7.19. The number of thiophene rings is 1. The summed E-state index contributed by atoms with van der Waals surface area (Å²) >= 11 is 1.38. The molecule has 9 heteroatoms. The van der Waals surface area contributed by atoms with E-state index in [1.165, 1.54) is 23.0 Å². The van der Waals surface area contributed by atoms with E-state index in [9.17, 15) is 19.2 Å². The maximum Gasteiger partial charge on any atom is 0.333 e. The fourth-order valence-corrected chi connectivity index (χ4v) is 4.97. The van der Waals surface area contributed by atoms with Crippen molar-refractivity contribution in [2.24, 2.45) is 0 Å². The van der Waals surface area contributed by atoms with E-state index < -0.39 is 29.7 Å². The molecule has 0 atom stereocenters. The van der Waals surface area contributed by atoms with Crippen molar-refractivity contribution in [3.8, 4) is 0 Å². The quantitative estimate of drug-likeness (QED) is 0.640. The molecule has 1 aliphatic carbocycles. The van der Waals surface area contributed by atoms with Crippen molar-refractivity contribution in [1.29, 1.82) is 0 Å². The number of para-hydroxylation sites is 1. The number of esters is 1. The minimum Gasteiger partial charge on any atom is -0.468 e. The van der Waals surface area contributed by atoms with Crippen molar-refractivity contribution >= 4 is 39.1 Å². The predicted molar refractivity (Wildman–Crippen MR) is 109 cm³/mol. The fourth-order valence-electron chi connectivity index (χ4n) is 3.59. The molecule has 0 saturated carbocycles. The lowest BCUT2D eigenvalue weighted by molar-refractivity contribution is -0.141. The Morgan fingerprint density at radius 2 is 1.86 bits per heavy atom.